The van der Waals surface area contributed by atoms with Gasteiger partial charge in [-0.15, -0.1) is 11.3 Å². The predicted octanol–water partition coefficient (Wildman–Crippen LogP) is 3.42. The number of nitrogens with one attached hydrogen (secondary N) is 2. The Hall–Kier alpha value is -2.73. The normalized spacial score (nSPS) is 20.2. The first-order valence-electron chi connectivity index (χ1n) is 10.6. The van der Waals surface area contributed by atoms with Crippen LogP contribution in [0.1, 0.15) is 58.5 Å². The molecule has 2 aliphatic rings. The van der Waals surface area contributed by atoms with Gasteiger partial charge in [0.05, 0.1) is 17.2 Å². The van der Waals surface area contributed by atoms with E-state index in [9.17, 15) is 19.8 Å². The number of aliphatic hydroxyl groups is 2. The quantitative estimate of drug-likeness (QED) is 0.532. The minimum Gasteiger partial charge on any atom is -0.368 e. The Labute approximate surface area is 184 Å². The first kappa shape index (κ1) is 21.5. The SMILES string of the molecule is N#Cc1ccc(NC(=O)c2c(NC(=O)C3CCCCC3C(O)O)sc3c2CCC3)cc1. The molecule has 1 heterocycles. The minimum atomic E-state index is -1.52. The van der Waals surface area contributed by atoms with Gasteiger partial charge in [-0.3, -0.25) is 9.59 Å². The van der Waals surface area contributed by atoms with E-state index in [1.165, 1.54) is 11.3 Å². The second kappa shape index (κ2) is 9.18. The van der Waals surface area contributed by atoms with Crippen LogP contribution in [0.3, 0.4) is 0 Å². The lowest BCUT2D eigenvalue weighted by Crippen LogP contribution is -2.38. The maximum absolute atomic E-state index is 13.1. The van der Waals surface area contributed by atoms with Crippen molar-refractivity contribution in [3.05, 3.63) is 45.8 Å². The van der Waals surface area contributed by atoms with Gasteiger partial charge < -0.3 is 20.8 Å². The average Bonchev–Trinajstić information content (AvgIpc) is 3.35. The number of carbonyl (C=O) groups excluding carboxylic acids is 2. The van der Waals surface area contributed by atoms with E-state index in [2.05, 4.69) is 10.6 Å². The van der Waals surface area contributed by atoms with Gasteiger partial charge in [-0.1, -0.05) is 12.8 Å². The van der Waals surface area contributed by atoms with E-state index in [1.807, 2.05) is 6.07 Å². The molecule has 7 nitrogen and oxygen atoms in total. The van der Waals surface area contributed by atoms with Gasteiger partial charge in [0, 0.05) is 22.4 Å². The Balaban J connectivity index is 1.56. The van der Waals surface area contributed by atoms with Crippen molar-refractivity contribution in [2.45, 2.75) is 51.2 Å². The van der Waals surface area contributed by atoms with Crippen molar-refractivity contribution in [3.8, 4) is 6.07 Å². The van der Waals surface area contributed by atoms with E-state index in [-0.39, 0.29) is 11.8 Å². The second-order valence-corrected chi connectivity index (χ2v) is 9.27. The minimum absolute atomic E-state index is 0.259. The lowest BCUT2D eigenvalue weighted by molar-refractivity contribution is -0.138. The fourth-order valence-corrected chi connectivity index (χ4v) is 5.89. The fraction of sp³-hybridized carbons (Fsp3) is 0.435. The van der Waals surface area contributed by atoms with Crippen molar-refractivity contribution in [1.29, 1.82) is 5.26 Å². The highest BCUT2D eigenvalue weighted by molar-refractivity contribution is 7.17. The molecule has 0 aliphatic heterocycles. The van der Waals surface area contributed by atoms with E-state index in [1.54, 1.807) is 24.3 Å². The number of hydrogen-bond donors (Lipinski definition) is 4. The van der Waals surface area contributed by atoms with Crippen LogP contribution in [0.2, 0.25) is 0 Å². The summed E-state index contributed by atoms with van der Waals surface area (Å²) in [6.07, 6.45) is 4.07. The lowest BCUT2D eigenvalue weighted by Gasteiger charge is -2.31. The third-order valence-corrected chi connectivity index (χ3v) is 7.40. The molecule has 2 unspecified atom stereocenters. The van der Waals surface area contributed by atoms with Crippen LogP contribution in [0.15, 0.2) is 24.3 Å². The van der Waals surface area contributed by atoms with E-state index in [0.717, 1.165) is 42.5 Å². The summed E-state index contributed by atoms with van der Waals surface area (Å²) in [6.45, 7) is 0. The van der Waals surface area contributed by atoms with Crippen molar-refractivity contribution in [3.63, 3.8) is 0 Å². The predicted molar refractivity (Wildman–Crippen MR) is 118 cm³/mol. The summed E-state index contributed by atoms with van der Waals surface area (Å²) in [5.74, 6) is -1.52. The largest absolute Gasteiger partial charge is 0.368 e. The zero-order valence-corrected chi connectivity index (χ0v) is 17.9. The third kappa shape index (κ3) is 4.49. The molecule has 0 radical (unpaired) electrons. The Morgan fingerprint density at radius 2 is 1.81 bits per heavy atom. The zero-order valence-electron chi connectivity index (χ0n) is 17.1. The lowest BCUT2D eigenvalue weighted by atomic mass is 9.78. The van der Waals surface area contributed by atoms with Gasteiger partial charge in [0.25, 0.3) is 5.91 Å². The number of rotatable bonds is 5. The maximum Gasteiger partial charge on any atom is 0.258 e. The third-order valence-electron chi connectivity index (χ3n) is 6.20. The Morgan fingerprint density at radius 3 is 2.52 bits per heavy atom. The summed E-state index contributed by atoms with van der Waals surface area (Å²) in [7, 11) is 0. The number of aliphatic hydroxyl groups excluding tert-OH is 1. The van der Waals surface area contributed by atoms with Crippen molar-refractivity contribution in [1.82, 2.24) is 0 Å². The van der Waals surface area contributed by atoms with Crippen LogP contribution >= 0.6 is 11.3 Å². The van der Waals surface area contributed by atoms with Crippen molar-refractivity contribution >= 4 is 33.8 Å². The van der Waals surface area contributed by atoms with Gasteiger partial charge >= 0.3 is 0 Å². The topological polar surface area (TPSA) is 122 Å². The molecule has 1 aromatic carbocycles. The monoisotopic (exact) mass is 439 g/mol. The number of anilines is 2. The number of nitriles is 1. The van der Waals surface area contributed by atoms with Crippen LogP contribution in [0.5, 0.6) is 0 Å². The van der Waals surface area contributed by atoms with Crippen molar-refractivity contribution in [2.24, 2.45) is 11.8 Å². The van der Waals surface area contributed by atoms with E-state index >= 15 is 0 Å². The number of aryl methyl sites for hydroxylation is 1. The highest BCUT2D eigenvalue weighted by Gasteiger charge is 2.36. The Morgan fingerprint density at radius 1 is 1.06 bits per heavy atom. The molecule has 2 atom stereocenters. The van der Waals surface area contributed by atoms with Crippen LogP contribution in [0, 0.1) is 23.2 Å². The molecular weight excluding hydrogens is 414 g/mol. The average molecular weight is 440 g/mol. The van der Waals surface area contributed by atoms with E-state index in [4.69, 9.17) is 5.26 Å². The van der Waals surface area contributed by atoms with E-state index < -0.39 is 18.1 Å². The Kier molecular flexibility index (Phi) is 6.37. The molecule has 31 heavy (non-hydrogen) atoms. The number of nitrogens with zero attached hydrogens (tertiary/aromatic N) is 1. The molecule has 2 aromatic rings. The van der Waals surface area contributed by atoms with Crippen molar-refractivity contribution < 1.29 is 19.8 Å². The number of hydrogen-bond acceptors (Lipinski definition) is 6. The Bertz CT molecular complexity index is 1020. The van der Waals surface area contributed by atoms with Gasteiger partial charge in [0.2, 0.25) is 5.91 Å². The molecule has 1 aromatic heterocycles. The van der Waals surface area contributed by atoms with Gasteiger partial charge in [0.1, 0.15) is 5.00 Å². The molecule has 162 valence electrons. The molecule has 2 aliphatic carbocycles. The summed E-state index contributed by atoms with van der Waals surface area (Å²) in [6, 6.07) is 8.68. The number of fused-ring (bicyclic) bond motifs is 1. The number of thiophene rings is 1. The molecule has 2 amide bonds. The highest BCUT2D eigenvalue weighted by atomic mass is 32.1. The summed E-state index contributed by atoms with van der Waals surface area (Å²) >= 11 is 1.43. The van der Waals surface area contributed by atoms with Crippen LogP contribution in [0.25, 0.3) is 0 Å². The first-order chi connectivity index (χ1) is 15.0. The molecule has 0 saturated heterocycles. The molecule has 4 N–H and O–H groups in total. The number of amides is 2. The standard InChI is InChI=1S/C23H25N3O4S/c24-12-13-8-10-14(11-9-13)25-21(28)19-17-6-3-7-18(17)31-22(19)26-20(27)15-4-1-2-5-16(15)23(29)30/h8-11,15-16,23,29-30H,1-7H2,(H,25,28)(H,26,27). The molecule has 4 rings (SSSR count). The van der Waals surface area contributed by atoms with Gasteiger partial charge in [-0.05, 0) is 61.9 Å². The number of carbonyl (C=O) groups is 2. The van der Waals surface area contributed by atoms with Gasteiger partial charge in [-0.25, -0.2) is 0 Å². The molecular formula is C23H25N3O4S. The summed E-state index contributed by atoms with van der Waals surface area (Å²) in [5.41, 5.74) is 2.56. The highest BCUT2D eigenvalue weighted by Crippen LogP contribution is 2.41. The second-order valence-electron chi connectivity index (χ2n) is 8.16. The molecule has 1 fully saturated rings. The summed E-state index contributed by atoms with van der Waals surface area (Å²) < 4.78 is 0. The molecule has 0 spiro atoms. The maximum atomic E-state index is 13.1. The summed E-state index contributed by atoms with van der Waals surface area (Å²) in [5, 5.41) is 34.7. The number of benzene rings is 1. The van der Waals surface area contributed by atoms with Crippen LogP contribution in [0.4, 0.5) is 10.7 Å². The summed E-state index contributed by atoms with van der Waals surface area (Å²) in [4.78, 5) is 27.3. The van der Waals surface area contributed by atoms with Gasteiger partial charge in [0.15, 0.2) is 6.29 Å². The zero-order chi connectivity index (χ0) is 22.0. The van der Waals surface area contributed by atoms with Crippen LogP contribution in [-0.2, 0) is 17.6 Å². The molecule has 0 bridgehead atoms. The molecule has 8 heteroatoms. The van der Waals surface area contributed by atoms with Crippen molar-refractivity contribution in [2.75, 3.05) is 10.6 Å². The van der Waals surface area contributed by atoms with E-state index in [0.29, 0.717) is 34.7 Å². The molecule has 1 saturated carbocycles. The van der Waals surface area contributed by atoms with Crippen LogP contribution < -0.4 is 10.6 Å². The van der Waals surface area contributed by atoms with Gasteiger partial charge in [-0.2, -0.15) is 5.26 Å². The first-order valence-corrected chi connectivity index (χ1v) is 11.4. The van der Waals surface area contributed by atoms with Crippen LogP contribution in [-0.4, -0.2) is 28.3 Å². The smallest absolute Gasteiger partial charge is 0.258 e. The fourth-order valence-electron chi connectivity index (χ4n) is 4.60.